The first-order chi connectivity index (χ1) is 13.2. The molecular weight excluding hydrogens is 470 g/mol. The highest BCUT2D eigenvalue weighted by Crippen LogP contribution is 2.34. The number of hydrogen-bond donors (Lipinski definition) is 2. The normalized spacial score (nSPS) is 20.2. The van der Waals surface area contributed by atoms with Crippen molar-refractivity contribution < 1.29 is 9.13 Å². The molecule has 0 amide bonds. The molecule has 1 unspecified atom stereocenters. The Hall–Kier alpha value is -1.87. The minimum absolute atomic E-state index is 0. The maximum Gasteiger partial charge on any atom is 0.189 e. The maximum absolute atomic E-state index is 13.5. The molecular formula is C21H26FIN4O. The number of nitrogens with zero attached hydrogens (tertiary/aromatic N) is 2. The van der Waals surface area contributed by atoms with E-state index in [2.05, 4.69) is 39.5 Å². The molecule has 2 aliphatic rings. The monoisotopic (exact) mass is 496 g/mol. The fraction of sp³-hybridized carbons (Fsp3) is 0.381. The molecule has 3 N–H and O–H groups in total. The van der Waals surface area contributed by atoms with E-state index in [0.717, 1.165) is 38.0 Å². The van der Waals surface area contributed by atoms with Crippen LogP contribution in [0, 0.1) is 5.82 Å². The number of likely N-dealkylation sites (tertiary alicyclic amines) is 1. The second-order valence-electron chi connectivity index (χ2n) is 7.20. The number of rotatable bonds is 4. The van der Waals surface area contributed by atoms with Crippen LogP contribution in [0.3, 0.4) is 0 Å². The number of nitrogens with two attached hydrogens (primary N) is 1. The van der Waals surface area contributed by atoms with Crippen LogP contribution in [0.1, 0.15) is 30.0 Å². The molecule has 0 aliphatic carbocycles. The first-order valence-electron chi connectivity index (χ1n) is 9.46. The van der Waals surface area contributed by atoms with E-state index in [1.54, 1.807) is 6.07 Å². The summed E-state index contributed by atoms with van der Waals surface area (Å²) < 4.78 is 19.0. The lowest BCUT2D eigenvalue weighted by atomic mass is 10.0. The Morgan fingerprint density at radius 1 is 1.18 bits per heavy atom. The van der Waals surface area contributed by atoms with Gasteiger partial charge in [-0.05, 0) is 36.6 Å². The molecule has 150 valence electrons. The van der Waals surface area contributed by atoms with Crippen molar-refractivity contribution in [3.8, 4) is 5.75 Å². The van der Waals surface area contributed by atoms with Crippen molar-refractivity contribution in [2.45, 2.75) is 31.5 Å². The molecule has 1 atom stereocenters. The molecule has 0 aromatic heterocycles. The zero-order chi connectivity index (χ0) is 18.6. The minimum atomic E-state index is -0.281. The van der Waals surface area contributed by atoms with Crippen LogP contribution in [0.2, 0.25) is 0 Å². The third-order valence-electron chi connectivity index (χ3n) is 5.21. The highest BCUT2D eigenvalue weighted by atomic mass is 127. The van der Waals surface area contributed by atoms with Gasteiger partial charge in [-0.3, -0.25) is 4.90 Å². The van der Waals surface area contributed by atoms with Crippen LogP contribution in [0.4, 0.5) is 4.39 Å². The van der Waals surface area contributed by atoms with Crippen molar-refractivity contribution in [3.63, 3.8) is 0 Å². The van der Waals surface area contributed by atoms with E-state index >= 15 is 0 Å². The third-order valence-corrected chi connectivity index (χ3v) is 5.21. The molecule has 0 saturated carbocycles. The van der Waals surface area contributed by atoms with Crippen LogP contribution in [-0.2, 0) is 6.54 Å². The van der Waals surface area contributed by atoms with E-state index in [9.17, 15) is 4.39 Å². The number of halogens is 2. The SMILES string of the molecule is I.NC(=NC1COc2ccc(F)cc21)NC1CCN(Cc2ccccc2)CC1. The van der Waals surface area contributed by atoms with Gasteiger partial charge in [-0.25, -0.2) is 9.38 Å². The van der Waals surface area contributed by atoms with Crippen LogP contribution >= 0.6 is 24.0 Å². The molecule has 2 aromatic rings. The van der Waals surface area contributed by atoms with Crippen LogP contribution in [0.15, 0.2) is 53.5 Å². The summed E-state index contributed by atoms with van der Waals surface area (Å²) in [6.07, 6.45) is 2.05. The summed E-state index contributed by atoms with van der Waals surface area (Å²) in [5.41, 5.74) is 8.22. The van der Waals surface area contributed by atoms with E-state index in [4.69, 9.17) is 10.5 Å². The van der Waals surface area contributed by atoms with Crippen molar-refractivity contribution in [2.75, 3.05) is 19.7 Å². The molecule has 0 spiro atoms. The summed E-state index contributed by atoms with van der Waals surface area (Å²) in [4.78, 5) is 6.98. The van der Waals surface area contributed by atoms with Gasteiger partial charge in [-0.1, -0.05) is 30.3 Å². The Morgan fingerprint density at radius 2 is 1.93 bits per heavy atom. The highest BCUT2D eigenvalue weighted by Gasteiger charge is 2.25. The summed E-state index contributed by atoms with van der Waals surface area (Å²) in [6.45, 7) is 3.44. The molecule has 1 saturated heterocycles. The second kappa shape index (κ2) is 9.56. The van der Waals surface area contributed by atoms with Crippen molar-refractivity contribution in [1.29, 1.82) is 0 Å². The topological polar surface area (TPSA) is 62.9 Å². The number of nitrogens with one attached hydrogen (secondary N) is 1. The lowest BCUT2D eigenvalue weighted by molar-refractivity contribution is 0.198. The molecule has 2 aromatic carbocycles. The molecule has 5 nitrogen and oxygen atoms in total. The van der Waals surface area contributed by atoms with Gasteiger partial charge in [-0.2, -0.15) is 0 Å². The number of benzene rings is 2. The van der Waals surface area contributed by atoms with Gasteiger partial charge in [0.05, 0.1) is 0 Å². The van der Waals surface area contributed by atoms with Crippen molar-refractivity contribution >= 4 is 29.9 Å². The number of hydrogen-bond acceptors (Lipinski definition) is 3. The maximum atomic E-state index is 13.5. The third kappa shape index (κ3) is 5.14. The van der Waals surface area contributed by atoms with Gasteiger partial charge < -0.3 is 15.8 Å². The van der Waals surface area contributed by atoms with E-state index < -0.39 is 0 Å². The van der Waals surface area contributed by atoms with Crippen molar-refractivity contribution in [2.24, 2.45) is 10.7 Å². The van der Waals surface area contributed by atoms with E-state index in [-0.39, 0.29) is 35.8 Å². The lowest BCUT2D eigenvalue weighted by Gasteiger charge is -2.32. The molecule has 28 heavy (non-hydrogen) atoms. The van der Waals surface area contributed by atoms with Crippen LogP contribution in [-0.4, -0.2) is 36.6 Å². The molecule has 2 aliphatic heterocycles. The predicted molar refractivity (Wildman–Crippen MR) is 120 cm³/mol. The first-order valence-corrected chi connectivity index (χ1v) is 9.46. The standard InChI is InChI=1S/C21H25FN4O.HI/c22-16-6-7-20-18(12-16)19(14-27-20)25-21(23)24-17-8-10-26(11-9-17)13-15-4-2-1-3-5-15;/h1-7,12,17,19H,8-11,13-14H2,(H3,23,24,25);1H. The molecule has 4 rings (SSSR count). The molecule has 2 heterocycles. The van der Waals surface area contributed by atoms with Gasteiger partial charge >= 0.3 is 0 Å². The summed E-state index contributed by atoms with van der Waals surface area (Å²) >= 11 is 0. The van der Waals surface area contributed by atoms with Gasteiger partial charge in [0.25, 0.3) is 0 Å². The van der Waals surface area contributed by atoms with Crippen LogP contribution in [0.5, 0.6) is 5.75 Å². The molecule has 0 bridgehead atoms. The number of ether oxygens (including phenoxy) is 1. The number of piperidine rings is 1. The van der Waals surface area contributed by atoms with Crippen LogP contribution < -0.4 is 15.8 Å². The highest BCUT2D eigenvalue weighted by molar-refractivity contribution is 14.0. The van der Waals surface area contributed by atoms with Gasteiger partial charge in [0.1, 0.15) is 24.2 Å². The summed E-state index contributed by atoms with van der Waals surface area (Å²) in [5, 5.41) is 3.33. The molecule has 7 heteroatoms. The Morgan fingerprint density at radius 3 is 2.68 bits per heavy atom. The fourth-order valence-electron chi connectivity index (χ4n) is 3.77. The van der Waals surface area contributed by atoms with Crippen molar-refractivity contribution in [1.82, 2.24) is 10.2 Å². The Balaban J connectivity index is 0.00000225. The fourth-order valence-corrected chi connectivity index (χ4v) is 3.77. The number of aliphatic imine (C=N–C) groups is 1. The lowest BCUT2D eigenvalue weighted by Crippen LogP contribution is -2.47. The number of fused-ring (bicyclic) bond motifs is 1. The zero-order valence-electron chi connectivity index (χ0n) is 15.7. The average molecular weight is 496 g/mol. The molecule has 1 fully saturated rings. The number of guanidine groups is 1. The predicted octanol–water partition coefficient (Wildman–Crippen LogP) is 3.45. The van der Waals surface area contributed by atoms with E-state index in [1.165, 1.54) is 17.7 Å². The smallest absolute Gasteiger partial charge is 0.189 e. The largest absolute Gasteiger partial charge is 0.491 e. The first kappa shape index (κ1) is 20.9. The van der Waals surface area contributed by atoms with E-state index in [1.807, 2.05) is 6.07 Å². The average Bonchev–Trinajstić information content (AvgIpc) is 3.06. The van der Waals surface area contributed by atoms with Crippen LogP contribution in [0.25, 0.3) is 0 Å². The Bertz CT molecular complexity index is 809. The second-order valence-corrected chi connectivity index (χ2v) is 7.20. The zero-order valence-corrected chi connectivity index (χ0v) is 18.0. The van der Waals surface area contributed by atoms with Gasteiger partial charge in [0.15, 0.2) is 5.96 Å². The summed E-state index contributed by atoms with van der Waals surface area (Å²) in [5.74, 6) is 0.811. The Labute approximate surface area is 182 Å². The van der Waals surface area contributed by atoms with Gasteiger partial charge in [0.2, 0.25) is 0 Å². The quantitative estimate of drug-likeness (QED) is 0.387. The van der Waals surface area contributed by atoms with E-state index in [0.29, 0.717) is 24.4 Å². The summed E-state index contributed by atoms with van der Waals surface area (Å²) in [6, 6.07) is 15.1. The van der Waals surface area contributed by atoms with Crippen molar-refractivity contribution in [3.05, 3.63) is 65.5 Å². The minimum Gasteiger partial charge on any atom is -0.491 e. The van der Waals surface area contributed by atoms with Gasteiger partial charge in [0, 0.05) is 31.2 Å². The Kier molecular flexibility index (Phi) is 7.12. The summed E-state index contributed by atoms with van der Waals surface area (Å²) in [7, 11) is 0. The van der Waals surface area contributed by atoms with Gasteiger partial charge in [-0.15, -0.1) is 24.0 Å². The molecule has 0 radical (unpaired) electrons.